The van der Waals surface area contributed by atoms with Gasteiger partial charge in [0.1, 0.15) is 5.69 Å². The van der Waals surface area contributed by atoms with Gasteiger partial charge in [0.05, 0.1) is 46.0 Å². The Morgan fingerprint density at radius 3 is 0.963 bits per heavy atom. The molecule has 4 atom stereocenters. The second kappa shape index (κ2) is 39.2. The first kappa shape index (κ1) is 95.7. The van der Waals surface area contributed by atoms with Crippen LogP contribution >= 0.6 is 31.9 Å². The fourth-order valence-electron chi connectivity index (χ4n) is 21.1. The Bertz CT molecular complexity index is 6640. The van der Waals surface area contributed by atoms with E-state index >= 15 is 0 Å². The zero-order chi connectivity index (χ0) is 96.1. The van der Waals surface area contributed by atoms with Crippen LogP contribution in [0.3, 0.4) is 0 Å². The van der Waals surface area contributed by atoms with Crippen LogP contribution in [0.15, 0.2) is 250 Å². The maximum atomic E-state index is 13.5. The van der Waals surface area contributed by atoms with Gasteiger partial charge >= 0.3 is 0 Å². The highest BCUT2D eigenvalue weighted by Crippen LogP contribution is 2.59. The normalized spacial score (nSPS) is 19.7. The van der Waals surface area contributed by atoms with Gasteiger partial charge in [-0.2, -0.15) is 0 Å². The van der Waals surface area contributed by atoms with E-state index in [1.807, 2.05) is 58.7 Å². The number of nitro benzene ring substituents is 1. The van der Waals surface area contributed by atoms with Crippen LogP contribution in [0.5, 0.6) is 0 Å². The Kier molecular flexibility index (Phi) is 27.6. The van der Waals surface area contributed by atoms with Gasteiger partial charge in [-0.15, -0.1) is 0 Å². The molecular weight excluding hydrogens is 1810 g/mol. The van der Waals surface area contributed by atoms with Crippen molar-refractivity contribution in [2.75, 3.05) is 96.2 Å². The largest absolute Gasteiger partial charge is 0.377 e. The summed E-state index contributed by atoms with van der Waals surface area (Å²) in [6, 6.07) is 72.3. The minimum absolute atomic E-state index is 0.0291. The Labute approximate surface area is 819 Å². The molecule has 0 radical (unpaired) electrons. The molecule has 11 aliphatic rings. The number of nitrogens with zero attached hydrogens (tertiary/aromatic N) is 6. The number of aromatic nitrogens is 1. The highest BCUT2D eigenvalue weighted by Gasteiger charge is 2.47. The van der Waals surface area contributed by atoms with E-state index in [2.05, 4.69) is 318 Å². The number of hydrogen-bond donors (Lipinski definition) is 4. The van der Waals surface area contributed by atoms with Gasteiger partial charge in [0, 0.05) is 181 Å². The summed E-state index contributed by atoms with van der Waals surface area (Å²) in [7, 11) is 11.7. The molecule has 1 aromatic heterocycles. The number of Topliss-reactive ketones (excluding diaryl/α,β-unsaturated/α-hetero) is 4. The minimum Gasteiger partial charge on any atom is -0.377 e. The van der Waals surface area contributed by atoms with E-state index in [1.54, 1.807) is 31.1 Å². The summed E-state index contributed by atoms with van der Waals surface area (Å²) in [6.07, 6.45) is 21.0. The molecule has 4 N–H and O–H groups in total. The molecule has 702 valence electrons. The third-order valence-corrected chi connectivity index (χ3v) is 29.1. The zero-order valence-electron chi connectivity index (χ0n) is 81.9. The van der Waals surface area contributed by atoms with Gasteiger partial charge in [-0.25, -0.2) is 0 Å². The monoisotopic (exact) mass is 1940 g/mol. The maximum Gasteiger partial charge on any atom is 0.292 e. The number of halogens is 2. The summed E-state index contributed by atoms with van der Waals surface area (Å²) >= 11 is 7.45. The van der Waals surface area contributed by atoms with E-state index in [1.165, 1.54) is 113 Å². The molecule has 11 aromatic carbocycles. The van der Waals surface area contributed by atoms with Crippen LogP contribution < -0.4 is 40.9 Å². The average molecular weight is 1940 g/mol. The lowest BCUT2D eigenvalue weighted by Crippen LogP contribution is -2.33. The molecule has 0 spiro atoms. The molecule has 5 heterocycles. The van der Waals surface area contributed by atoms with Crippen molar-refractivity contribution in [1.29, 1.82) is 0 Å². The predicted octanol–water partition coefficient (Wildman–Crippen LogP) is 30.0. The van der Waals surface area contributed by atoms with Crippen molar-refractivity contribution >= 4 is 172 Å². The molecule has 3 fully saturated rings. The van der Waals surface area contributed by atoms with Crippen molar-refractivity contribution in [2.45, 2.75) is 203 Å². The van der Waals surface area contributed by atoms with E-state index in [0.717, 1.165) is 165 Å². The van der Waals surface area contributed by atoms with E-state index in [-0.39, 0.29) is 73.5 Å². The molecule has 136 heavy (non-hydrogen) atoms. The first-order valence-electron chi connectivity index (χ1n) is 48.9. The van der Waals surface area contributed by atoms with E-state index in [4.69, 9.17) is 0 Å². The van der Waals surface area contributed by atoms with Crippen LogP contribution in [0.1, 0.15) is 247 Å². The molecular formula is C118H130Br2N10O6. The van der Waals surface area contributed by atoms with E-state index < -0.39 is 6.04 Å². The van der Waals surface area contributed by atoms with Gasteiger partial charge in [-0.3, -0.25) is 34.3 Å². The molecule has 0 saturated heterocycles. The molecule has 7 aliphatic carbocycles. The van der Waals surface area contributed by atoms with Crippen LogP contribution in [-0.2, 0) is 19.2 Å². The topological polar surface area (TPSA) is 185 Å². The summed E-state index contributed by atoms with van der Waals surface area (Å²) in [6.45, 7) is 23.8. The quantitative estimate of drug-likeness (QED) is 0.0707. The Morgan fingerprint density at radius 1 is 0.353 bits per heavy atom. The fourth-order valence-corrected chi connectivity index (χ4v) is 22.6. The van der Waals surface area contributed by atoms with Crippen molar-refractivity contribution in [2.24, 2.45) is 21.7 Å². The number of fused-ring (bicyclic) bond motifs is 16. The average Bonchev–Trinajstić information content (AvgIpc) is 1.69. The van der Waals surface area contributed by atoms with Crippen molar-refractivity contribution < 1.29 is 24.1 Å². The summed E-state index contributed by atoms with van der Waals surface area (Å²) in [5.41, 5.74) is 26.0. The van der Waals surface area contributed by atoms with Crippen molar-refractivity contribution in [3.63, 3.8) is 0 Å². The van der Waals surface area contributed by atoms with Crippen LogP contribution in [0.4, 0.5) is 51.2 Å². The molecule has 0 amide bonds. The zero-order valence-corrected chi connectivity index (χ0v) is 85.1. The number of ketones is 4. The Morgan fingerprint density at radius 2 is 0.647 bits per heavy atom. The van der Waals surface area contributed by atoms with Gasteiger partial charge in [0.2, 0.25) is 0 Å². The number of pyridine rings is 1. The molecule has 12 aromatic rings. The number of rotatable bonds is 11. The van der Waals surface area contributed by atoms with Crippen LogP contribution in [0.2, 0.25) is 0 Å². The third kappa shape index (κ3) is 20.4. The minimum atomic E-state index is -0.424. The maximum absolute atomic E-state index is 13.5. The number of nitro groups is 1. The number of anilines is 8. The van der Waals surface area contributed by atoms with Gasteiger partial charge < -0.3 is 40.9 Å². The number of carbonyl (C=O) groups is 4. The van der Waals surface area contributed by atoms with E-state index in [0.29, 0.717) is 31.4 Å². The molecule has 18 heteroatoms. The van der Waals surface area contributed by atoms with Gasteiger partial charge in [0.15, 0.2) is 23.1 Å². The third-order valence-electron chi connectivity index (χ3n) is 27.8. The smallest absolute Gasteiger partial charge is 0.292 e. The number of hydrogen-bond acceptors (Lipinski definition) is 15. The van der Waals surface area contributed by atoms with Crippen LogP contribution in [0.25, 0.3) is 65.5 Å². The van der Waals surface area contributed by atoms with Crippen molar-refractivity contribution in [1.82, 2.24) is 4.98 Å². The Hall–Kier alpha value is -12.0. The second-order valence-electron chi connectivity index (χ2n) is 42.4. The van der Waals surface area contributed by atoms with Crippen molar-refractivity contribution in [3.05, 3.63) is 304 Å². The number of nitrogens with one attached hydrogen (secondary N) is 4. The Balaban J connectivity index is 0.000000122. The SMILES string of the molecule is C1CC1.C1CC1.C1CC1.CCN(CC)c1ccc(C2Nc3ccc4ccccc4c3C3=C2C(=O)CC(C)(C)C3)cc1.CN(C)c1ccc(C2Nc3ccc4ccccc4c3C3=C2C(=O)CC(C)(C)C3)cc1Br.CN(C)c1ccc(C2Nc3ccc4ccccc4c3C3=C2C(=O)CC(C)(C)C3)cc1[N+](=O)[O-].CN(C)c1ccc(C2Nc3ccc4ncccc4c3C3=C2C(=O)CC(C)(C)C3)cc1Br. The predicted molar refractivity (Wildman–Crippen MR) is 575 cm³/mol. The van der Waals surface area contributed by atoms with Crippen molar-refractivity contribution in [3.8, 4) is 0 Å². The highest BCUT2D eigenvalue weighted by atomic mass is 79.9. The summed E-state index contributed by atoms with van der Waals surface area (Å²) in [5, 5.41) is 34.8. The number of allylic oxidation sites excluding steroid dienone is 4. The lowest BCUT2D eigenvalue weighted by Gasteiger charge is -2.40. The second-order valence-corrected chi connectivity index (χ2v) is 44.1. The number of carbonyl (C=O) groups excluding carboxylic acids is 4. The first-order chi connectivity index (χ1) is 65.1. The lowest BCUT2D eigenvalue weighted by molar-refractivity contribution is -0.384. The van der Waals surface area contributed by atoms with Gasteiger partial charge in [-0.1, -0.05) is 241 Å². The molecule has 3 saturated carbocycles. The van der Waals surface area contributed by atoms with Crippen LogP contribution in [0, 0.1) is 31.8 Å². The molecule has 16 nitrogen and oxygen atoms in total. The van der Waals surface area contributed by atoms with Gasteiger partial charge in [0.25, 0.3) is 5.69 Å². The standard InChI is InChI=1S/C29H32N2O.C27H27BrN2O.C27H27N3O3.C26H26BrN3O.3C3H6/c1-5-31(6-2)21-14-11-20(12-15-21)28-27-23(17-29(3,4)18-25(27)32)26-22-10-8-7-9-19(22)13-16-24(26)30-28;1-27(2)14-19-24-18-8-6-5-7-16(18)9-11-21(24)29-26(25(19)23(31)15-27)17-10-12-22(30(3)4)20(28)13-17;1-27(2)14-19-24-18-8-6-5-7-16(18)9-11-20(24)28-26(25(19)23(31)15-27)17-10-12-21(29(3)4)22(13-17)30(32)33;1-26(2)13-17-23-16-6-5-11-28-19(16)8-9-20(23)29-25(24(17)22(31)14-26)15-7-10-21(30(3)4)18(27)12-15;3*1-2-3-1/h7-16,28,30H,5-6,17-18H2,1-4H3;5-13,26,29H,14-15H2,1-4H3;5-13,26,28H,14-15H2,1-4H3;5-12,25,29H,13-14H2,1-4H3;3*1-3H2. The fraction of sp³-hybridized carbons (Fsp3) is 0.364. The van der Waals surface area contributed by atoms with Gasteiger partial charge in [-0.05, 0) is 249 Å². The lowest BCUT2D eigenvalue weighted by atomic mass is 9.68. The molecule has 23 rings (SSSR count). The first-order valence-corrected chi connectivity index (χ1v) is 50.5. The van der Waals surface area contributed by atoms with Crippen LogP contribution in [-0.4, -0.2) is 88.4 Å². The molecule has 4 unspecified atom stereocenters. The molecule has 0 bridgehead atoms. The summed E-state index contributed by atoms with van der Waals surface area (Å²) < 4.78 is 2.06. The molecule has 4 aliphatic heterocycles. The summed E-state index contributed by atoms with van der Waals surface area (Å²) in [4.78, 5) is 78.3. The number of benzene rings is 11. The highest BCUT2D eigenvalue weighted by molar-refractivity contribution is 9.11. The van der Waals surface area contributed by atoms with E-state index in [9.17, 15) is 29.3 Å². The summed E-state index contributed by atoms with van der Waals surface area (Å²) in [5.74, 6) is 0.884.